The van der Waals surface area contributed by atoms with Crippen molar-refractivity contribution in [1.29, 1.82) is 0 Å². The number of unbranched alkanes of at least 4 members (excludes halogenated alkanes) is 1. The second kappa shape index (κ2) is 7.95. The SMILES string of the molecule is C#CCCC[C@H](NC(=O)c1cccc(F)c1)C(=O)OC. The summed E-state index contributed by atoms with van der Waals surface area (Å²) < 4.78 is 17.7. The van der Waals surface area contributed by atoms with Crippen LogP contribution in [0.3, 0.4) is 0 Å². The van der Waals surface area contributed by atoms with Gasteiger partial charge in [-0.15, -0.1) is 12.3 Å². The molecular formula is C15H16FNO3. The highest BCUT2D eigenvalue weighted by Crippen LogP contribution is 2.07. The molecule has 5 heteroatoms. The quantitative estimate of drug-likeness (QED) is 0.491. The van der Waals surface area contributed by atoms with Crippen LogP contribution in [0, 0.1) is 18.2 Å². The lowest BCUT2D eigenvalue weighted by atomic mass is 10.1. The Morgan fingerprint density at radius 1 is 1.50 bits per heavy atom. The van der Waals surface area contributed by atoms with Crippen molar-refractivity contribution in [3.8, 4) is 12.3 Å². The van der Waals surface area contributed by atoms with E-state index >= 15 is 0 Å². The molecule has 0 aliphatic heterocycles. The van der Waals surface area contributed by atoms with Gasteiger partial charge in [0.05, 0.1) is 7.11 Å². The van der Waals surface area contributed by atoms with Gasteiger partial charge in [0, 0.05) is 12.0 Å². The highest BCUT2D eigenvalue weighted by Gasteiger charge is 2.21. The Morgan fingerprint density at radius 3 is 2.85 bits per heavy atom. The van der Waals surface area contributed by atoms with Gasteiger partial charge in [0.25, 0.3) is 5.91 Å². The summed E-state index contributed by atoms with van der Waals surface area (Å²) in [5.74, 6) is 0.867. The van der Waals surface area contributed by atoms with E-state index in [1.54, 1.807) is 0 Å². The van der Waals surface area contributed by atoms with E-state index in [4.69, 9.17) is 6.42 Å². The number of benzene rings is 1. The number of hydrogen-bond acceptors (Lipinski definition) is 3. The number of carbonyl (C=O) groups excluding carboxylic acids is 2. The van der Waals surface area contributed by atoms with Crippen molar-refractivity contribution < 1.29 is 18.7 Å². The van der Waals surface area contributed by atoms with Crippen LogP contribution in [-0.4, -0.2) is 25.0 Å². The molecule has 0 unspecified atom stereocenters. The molecule has 0 saturated heterocycles. The molecule has 0 radical (unpaired) electrons. The van der Waals surface area contributed by atoms with Crippen LogP contribution in [-0.2, 0) is 9.53 Å². The summed E-state index contributed by atoms with van der Waals surface area (Å²) >= 11 is 0. The van der Waals surface area contributed by atoms with Crippen LogP contribution in [0.15, 0.2) is 24.3 Å². The Hall–Kier alpha value is -2.35. The van der Waals surface area contributed by atoms with Crippen LogP contribution >= 0.6 is 0 Å². The standard InChI is InChI=1S/C15H16FNO3/c1-3-4-5-9-13(15(19)20-2)17-14(18)11-7-6-8-12(16)10-11/h1,6-8,10,13H,4-5,9H2,2H3,(H,17,18)/t13-/m0/s1. The topological polar surface area (TPSA) is 55.4 Å². The zero-order valence-corrected chi connectivity index (χ0v) is 11.2. The maximum Gasteiger partial charge on any atom is 0.328 e. The summed E-state index contributed by atoms with van der Waals surface area (Å²) in [6.45, 7) is 0. The van der Waals surface area contributed by atoms with Crippen molar-refractivity contribution in [2.24, 2.45) is 0 Å². The van der Waals surface area contributed by atoms with Gasteiger partial charge >= 0.3 is 5.97 Å². The van der Waals surface area contributed by atoms with E-state index in [0.29, 0.717) is 19.3 Å². The van der Waals surface area contributed by atoms with Crippen LogP contribution in [0.2, 0.25) is 0 Å². The highest BCUT2D eigenvalue weighted by molar-refractivity contribution is 5.96. The molecule has 1 rings (SSSR count). The maximum absolute atomic E-state index is 13.0. The Labute approximate surface area is 117 Å². The number of nitrogens with one attached hydrogen (secondary N) is 1. The number of carbonyl (C=O) groups is 2. The monoisotopic (exact) mass is 277 g/mol. The van der Waals surface area contributed by atoms with Crippen molar-refractivity contribution in [3.63, 3.8) is 0 Å². The van der Waals surface area contributed by atoms with E-state index in [2.05, 4.69) is 16.0 Å². The van der Waals surface area contributed by atoms with Gasteiger partial charge in [-0.25, -0.2) is 9.18 Å². The molecular weight excluding hydrogens is 261 g/mol. The molecule has 106 valence electrons. The van der Waals surface area contributed by atoms with Crippen LogP contribution in [0.1, 0.15) is 29.6 Å². The molecule has 1 atom stereocenters. The number of rotatable bonds is 6. The predicted octanol–water partition coefficient (Wildman–Crippen LogP) is 1.90. The zero-order chi connectivity index (χ0) is 15.0. The van der Waals surface area contributed by atoms with Crippen LogP contribution in [0.4, 0.5) is 4.39 Å². The van der Waals surface area contributed by atoms with Gasteiger partial charge in [-0.3, -0.25) is 4.79 Å². The van der Waals surface area contributed by atoms with Crippen LogP contribution in [0.25, 0.3) is 0 Å². The second-order valence-corrected chi connectivity index (χ2v) is 4.16. The molecule has 0 aromatic heterocycles. The molecule has 0 aliphatic carbocycles. The molecule has 1 aromatic rings. The molecule has 1 amide bonds. The third-order valence-corrected chi connectivity index (χ3v) is 2.69. The van der Waals surface area contributed by atoms with Crippen molar-refractivity contribution in [1.82, 2.24) is 5.32 Å². The lowest BCUT2D eigenvalue weighted by molar-refractivity contribution is -0.143. The first-order valence-corrected chi connectivity index (χ1v) is 6.16. The molecule has 0 aliphatic rings. The molecule has 4 nitrogen and oxygen atoms in total. The summed E-state index contributed by atoms with van der Waals surface area (Å²) in [7, 11) is 1.24. The largest absolute Gasteiger partial charge is 0.467 e. The minimum absolute atomic E-state index is 0.149. The highest BCUT2D eigenvalue weighted by atomic mass is 19.1. The van der Waals surface area contributed by atoms with Gasteiger partial charge in [0.2, 0.25) is 0 Å². The minimum Gasteiger partial charge on any atom is -0.467 e. The first-order valence-electron chi connectivity index (χ1n) is 6.16. The number of methoxy groups -OCH3 is 1. The molecule has 0 bridgehead atoms. The predicted molar refractivity (Wildman–Crippen MR) is 72.4 cm³/mol. The first-order chi connectivity index (χ1) is 9.58. The summed E-state index contributed by atoms with van der Waals surface area (Å²) in [4.78, 5) is 23.5. The Morgan fingerprint density at radius 2 is 2.25 bits per heavy atom. The van der Waals surface area contributed by atoms with Crippen molar-refractivity contribution >= 4 is 11.9 Å². The Kier molecular flexibility index (Phi) is 6.24. The fourth-order valence-corrected chi connectivity index (χ4v) is 1.67. The summed E-state index contributed by atoms with van der Waals surface area (Å²) in [6.07, 6.45) is 6.60. The molecule has 0 fully saturated rings. The van der Waals surface area contributed by atoms with E-state index in [1.165, 1.54) is 25.3 Å². The van der Waals surface area contributed by atoms with Gasteiger partial charge < -0.3 is 10.1 Å². The van der Waals surface area contributed by atoms with Gasteiger partial charge in [0.1, 0.15) is 11.9 Å². The van der Waals surface area contributed by atoms with Crippen molar-refractivity contribution in [3.05, 3.63) is 35.6 Å². The summed E-state index contributed by atoms with van der Waals surface area (Å²) in [6, 6.07) is 4.44. The van der Waals surface area contributed by atoms with Gasteiger partial charge in [-0.05, 0) is 31.0 Å². The van der Waals surface area contributed by atoms with E-state index in [-0.39, 0.29) is 5.56 Å². The van der Waals surface area contributed by atoms with Crippen LogP contribution in [0.5, 0.6) is 0 Å². The van der Waals surface area contributed by atoms with Gasteiger partial charge in [-0.2, -0.15) is 0 Å². The van der Waals surface area contributed by atoms with Crippen LogP contribution < -0.4 is 5.32 Å². The fourth-order valence-electron chi connectivity index (χ4n) is 1.67. The average molecular weight is 277 g/mol. The van der Waals surface area contributed by atoms with Gasteiger partial charge in [-0.1, -0.05) is 6.07 Å². The molecule has 1 aromatic carbocycles. The minimum atomic E-state index is -0.788. The smallest absolute Gasteiger partial charge is 0.328 e. The van der Waals surface area contributed by atoms with E-state index in [1.807, 2.05) is 0 Å². The lowest BCUT2D eigenvalue weighted by Gasteiger charge is -2.16. The summed E-state index contributed by atoms with van der Waals surface area (Å²) in [5.41, 5.74) is 0.149. The van der Waals surface area contributed by atoms with E-state index in [0.717, 1.165) is 6.07 Å². The molecule has 0 spiro atoms. The number of halogens is 1. The average Bonchev–Trinajstić information content (AvgIpc) is 2.45. The van der Waals surface area contributed by atoms with Gasteiger partial charge in [0.15, 0.2) is 0 Å². The zero-order valence-electron chi connectivity index (χ0n) is 11.2. The summed E-state index contributed by atoms with van der Waals surface area (Å²) in [5, 5.41) is 2.52. The van der Waals surface area contributed by atoms with E-state index in [9.17, 15) is 14.0 Å². The third kappa shape index (κ3) is 4.73. The molecule has 0 saturated carbocycles. The van der Waals surface area contributed by atoms with Crippen molar-refractivity contribution in [2.75, 3.05) is 7.11 Å². The fraction of sp³-hybridized carbons (Fsp3) is 0.333. The molecule has 0 heterocycles. The third-order valence-electron chi connectivity index (χ3n) is 2.69. The lowest BCUT2D eigenvalue weighted by Crippen LogP contribution is -2.41. The first kappa shape index (κ1) is 15.7. The second-order valence-electron chi connectivity index (χ2n) is 4.16. The number of terminal acetylenes is 1. The molecule has 1 N–H and O–H groups in total. The Balaban J connectivity index is 2.71. The number of amides is 1. The number of ether oxygens (including phenoxy) is 1. The van der Waals surface area contributed by atoms with E-state index < -0.39 is 23.7 Å². The van der Waals surface area contributed by atoms with Crippen molar-refractivity contribution in [2.45, 2.75) is 25.3 Å². The number of esters is 1. The normalized spacial score (nSPS) is 11.2. The number of hydrogen-bond donors (Lipinski definition) is 1. The molecule has 20 heavy (non-hydrogen) atoms. The Bertz CT molecular complexity index is 522. The maximum atomic E-state index is 13.0.